The summed E-state index contributed by atoms with van der Waals surface area (Å²) in [6.07, 6.45) is 3.81. The second-order valence-corrected chi connectivity index (χ2v) is 4.02. The van der Waals surface area contributed by atoms with Gasteiger partial charge in [0.15, 0.2) is 6.29 Å². The largest absolute Gasteiger partial charge is 0.309 e. The van der Waals surface area contributed by atoms with Gasteiger partial charge in [-0.2, -0.15) is 5.10 Å². The summed E-state index contributed by atoms with van der Waals surface area (Å²) >= 11 is 5.74. The van der Waals surface area contributed by atoms with Crippen LogP contribution in [0.25, 0.3) is 0 Å². The molecular formula is C11H10ClN3O2. The number of aryl methyl sites for hydroxylation is 1. The molecule has 2 heterocycles. The molecule has 0 aliphatic heterocycles. The van der Waals surface area contributed by atoms with Gasteiger partial charge in [-0.05, 0) is 12.1 Å². The van der Waals surface area contributed by atoms with E-state index in [0.717, 1.165) is 5.69 Å². The van der Waals surface area contributed by atoms with Crippen LogP contribution in [-0.4, -0.2) is 20.6 Å². The first-order valence-corrected chi connectivity index (χ1v) is 5.32. The molecule has 5 nitrogen and oxygen atoms in total. The van der Waals surface area contributed by atoms with E-state index in [1.54, 1.807) is 24.1 Å². The van der Waals surface area contributed by atoms with Crippen molar-refractivity contribution in [1.29, 1.82) is 0 Å². The summed E-state index contributed by atoms with van der Waals surface area (Å²) in [6, 6.07) is 3.33. The SMILES string of the molecule is Cn1ccc(Cn2ccc(Cl)c(C=O)c2=O)n1. The van der Waals surface area contributed by atoms with Gasteiger partial charge in [-0.3, -0.25) is 14.3 Å². The third-order valence-corrected chi connectivity index (χ3v) is 2.70. The van der Waals surface area contributed by atoms with Gasteiger partial charge < -0.3 is 4.57 Å². The van der Waals surface area contributed by atoms with Crippen molar-refractivity contribution >= 4 is 17.9 Å². The molecule has 2 rings (SSSR count). The number of halogens is 1. The van der Waals surface area contributed by atoms with Crippen molar-refractivity contribution in [1.82, 2.24) is 14.3 Å². The zero-order chi connectivity index (χ0) is 12.4. The Bertz CT molecular complexity index is 615. The fourth-order valence-corrected chi connectivity index (χ4v) is 1.70. The van der Waals surface area contributed by atoms with Crippen molar-refractivity contribution in [2.45, 2.75) is 6.54 Å². The van der Waals surface area contributed by atoms with Gasteiger partial charge in [0, 0.05) is 19.4 Å². The van der Waals surface area contributed by atoms with Gasteiger partial charge in [0.25, 0.3) is 5.56 Å². The van der Waals surface area contributed by atoms with E-state index in [-0.39, 0.29) is 10.6 Å². The van der Waals surface area contributed by atoms with Gasteiger partial charge in [-0.15, -0.1) is 0 Å². The second kappa shape index (κ2) is 4.55. The molecule has 0 amide bonds. The lowest BCUT2D eigenvalue weighted by atomic mass is 10.3. The molecule has 0 aliphatic rings. The molecule has 2 aromatic heterocycles. The molecule has 0 atom stereocenters. The van der Waals surface area contributed by atoms with Crippen LogP contribution in [-0.2, 0) is 13.6 Å². The maximum Gasteiger partial charge on any atom is 0.263 e. The maximum absolute atomic E-state index is 11.8. The smallest absolute Gasteiger partial charge is 0.263 e. The summed E-state index contributed by atoms with van der Waals surface area (Å²) in [5.41, 5.74) is 0.317. The number of carbonyl (C=O) groups excluding carboxylic acids is 1. The van der Waals surface area contributed by atoms with Crippen LogP contribution in [0.5, 0.6) is 0 Å². The molecule has 2 aromatic rings. The van der Waals surface area contributed by atoms with E-state index in [2.05, 4.69) is 5.10 Å². The maximum atomic E-state index is 11.8. The highest BCUT2D eigenvalue weighted by Gasteiger charge is 2.08. The van der Waals surface area contributed by atoms with Crippen molar-refractivity contribution in [2.24, 2.45) is 7.05 Å². The third kappa shape index (κ3) is 2.29. The average Bonchev–Trinajstić information content (AvgIpc) is 2.69. The van der Waals surface area contributed by atoms with Crippen LogP contribution in [0.3, 0.4) is 0 Å². The molecule has 0 bridgehead atoms. The number of rotatable bonds is 3. The summed E-state index contributed by atoms with van der Waals surface area (Å²) in [4.78, 5) is 22.6. The quantitative estimate of drug-likeness (QED) is 0.768. The number of hydrogen-bond acceptors (Lipinski definition) is 3. The van der Waals surface area contributed by atoms with E-state index in [1.807, 2.05) is 6.07 Å². The second-order valence-electron chi connectivity index (χ2n) is 3.61. The van der Waals surface area contributed by atoms with E-state index >= 15 is 0 Å². The first kappa shape index (κ1) is 11.6. The van der Waals surface area contributed by atoms with E-state index in [9.17, 15) is 9.59 Å². The van der Waals surface area contributed by atoms with Crippen molar-refractivity contribution < 1.29 is 4.79 Å². The number of aldehydes is 1. The van der Waals surface area contributed by atoms with Crippen molar-refractivity contribution in [3.63, 3.8) is 0 Å². The zero-order valence-corrected chi connectivity index (χ0v) is 9.89. The van der Waals surface area contributed by atoms with Crippen LogP contribution >= 0.6 is 11.6 Å². The van der Waals surface area contributed by atoms with E-state index in [1.165, 1.54) is 10.6 Å². The molecule has 0 unspecified atom stereocenters. The van der Waals surface area contributed by atoms with Crippen LogP contribution in [0.1, 0.15) is 16.1 Å². The average molecular weight is 252 g/mol. The summed E-state index contributed by atoms with van der Waals surface area (Å²) in [5, 5.41) is 4.33. The topological polar surface area (TPSA) is 56.9 Å². The Hall–Kier alpha value is -1.88. The molecule has 88 valence electrons. The molecule has 0 aromatic carbocycles. The minimum atomic E-state index is -0.404. The first-order chi connectivity index (χ1) is 8.11. The Kier molecular flexibility index (Phi) is 3.10. The Morgan fingerprint density at radius 3 is 2.76 bits per heavy atom. The molecule has 0 saturated carbocycles. The highest BCUT2D eigenvalue weighted by molar-refractivity contribution is 6.32. The lowest BCUT2D eigenvalue weighted by Gasteiger charge is -2.04. The number of hydrogen-bond donors (Lipinski definition) is 0. The Morgan fingerprint density at radius 1 is 1.41 bits per heavy atom. The van der Waals surface area contributed by atoms with Crippen molar-refractivity contribution in [3.05, 3.63) is 51.2 Å². The molecule has 0 N–H and O–H groups in total. The molecule has 0 aliphatic carbocycles. The molecule has 6 heteroatoms. The lowest BCUT2D eigenvalue weighted by molar-refractivity contribution is 0.112. The Morgan fingerprint density at radius 2 is 2.18 bits per heavy atom. The van der Waals surface area contributed by atoms with Gasteiger partial charge in [0.1, 0.15) is 0 Å². The van der Waals surface area contributed by atoms with Crippen molar-refractivity contribution in [3.8, 4) is 0 Å². The van der Waals surface area contributed by atoms with Gasteiger partial charge in [0.2, 0.25) is 0 Å². The molecule has 0 radical (unpaired) electrons. The number of aromatic nitrogens is 3. The molecule has 0 saturated heterocycles. The summed E-state index contributed by atoms with van der Waals surface area (Å²) in [5.74, 6) is 0. The predicted octanol–water partition coefficient (Wildman–Crippen LogP) is 1.10. The van der Waals surface area contributed by atoms with Crippen LogP contribution in [0.4, 0.5) is 0 Å². The van der Waals surface area contributed by atoms with Gasteiger partial charge in [0.05, 0.1) is 22.8 Å². The Balaban J connectivity index is 2.40. The van der Waals surface area contributed by atoms with E-state index < -0.39 is 5.56 Å². The highest BCUT2D eigenvalue weighted by Crippen LogP contribution is 2.09. The monoisotopic (exact) mass is 251 g/mol. The summed E-state index contributed by atoms with van der Waals surface area (Å²) in [6.45, 7) is 0.317. The normalized spacial score (nSPS) is 10.5. The van der Waals surface area contributed by atoms with Crippen LogP contribution < -0.4 is 5.56 Å². The molecule has 0 fully saturated rings. The standard InChI is InChI=1S/C11H10ClN3O2/c1-14-4-2-8(13-14)6-15-5-3-10(12)9(7-16)11(15)17/h2-5,7H,6H2,1H3. The molecular weight excluding hydrogens is 242 g/mol. The van der Waals surface area contributed by atoms with Gasteiger partial charge >= 0.3 is 0 Å². The summed E-state index contributed by atoms with van der Waals surface area (Å²) < 4.78 is 3.05. The van der Waals surface area contributed by atoms with Crippen LogP contribution in [0.2, 0.25) is 5.02 Å². The molecule has 17 heavy (non-hydrogen) atoms. The number of carbonyl (C=O) groups is 1. The lowest BCUT2D eigenvalue weighted by Crippen LogP contribution is -2.24. The highest BCUT2D eigenvalue weighted by atomic mass is 35.5. The van der Waals surface area contributed by atoms with Gasteiger partial charge in [-0.1, -0.05) is 11.6 Å². The molecule has 0 spiro atoms. The Labute approximate surface area is 102 Å². The van der Waals surface area contributed by atoms with Crippen LogP contribution in [0.15, 0.2) is 29.3 Å². The number of nitrogens with zero attached hydrogens (tertiary/aromatic N) is 3. The minimum Gasteiger partial charge on any atom is -0.309 e. The first-order valence-electron chi connectivity index (χ1n) is 4.94. The third-order valence-electron chi connectivity index (χ3n) is 2.37. The number of pyridine rings is 1. The fourth-order valence-electron chi connectivity index (χ4n) is 1.52. The van der Waals surface area contributed by atoms with Gasteiger partial charge in [-0.25, -0.2) is 0 Å². The summed E-state index contributed by atoms with van der Waals surface area (Å²) in [7, 11) is 1.80. The zero-order valence-electron chi connectivity index (χ0n) is 9.13. The van der Waals surface area contributed by atoms with Crippen LogP contribution in [0, 0.1) is 0 Å². The van der Waals surface area contributed by atoms with E-state index in [0.29, 0.717) is 12.8 Å². The van der Waals surface area contributed by atoms with E-state index in [4.69, 9.17) is 11.6 Å². The van der Waals surface area contributed by atoms with Crippen molar-refractivity contribution in [2.75, 3.05) is 0 Å². The minimum absolute atomic E-state index is 0.0231. The predicted molar refractivity (Wildman–Crippen MR) is 63.4 cm³/mol. The fraction of sp³-hybridized carbons (Fsp3) is 0.182.